The van der Waals surface area contributed by atoms with Gasteiger partial charge in [0.15, 0.2) is 0 Å². The maximum Gasteiger partial charge on any atom is 0.137 e. The SMILES string of the molecule is ClCc1ccc(OCCOc2ccc(Br)cc2)cn1. The third-order valence-corrected chi connectivity index (χ3v) is 3.17. The van der Waals surface area contributed by atoms with E-state index in [1.54, 1.807) is 6.20 Å². The van der Waals surface area contributed by atoms with Crippen LogP contribution in [0.15, 0.2) is 47.1 Å². The van der Waals surface area contributed by atoms with Crippen LogP contribution < -0.4 is 9.47 Å². The molecular weight excluding hydrogens is 330 g/mol. The van der Waals surface area contributed by atoms with Gasteiger partial charge in [-0.25, -0.2) is 0 Å². The Morgan fingerprint density at radius 2 is 1.58 bits per heavy atom. The third kappa shape index (κ3) is 4.73. The summed E-state index contributed by atoms with van der Waals surface area (Å²) < 4.78 is 12.1. The van der Waals surface area contributed by atoms with Crippen LogP contribution in [0.3, 0.4) is 0 Å². The van der Waals surface area contributed by atoms with Crippen molar-refractivity contribution in [2.75, 3.05) is 13.2 Å². The number of aromatic nitrogens is 1. The molecule has 2 rings (SSSR count). The van der Waals surface area contributed by atoms with Crippen molar-refractivity contribution in [2.45, 2.75) is 5.88 Å². The minimum Gasteiger partial charge on any atom is -0.490 e. The summed E-state index contributed by atoms with van der Waals surface area (Å²) in [4.78, 5) is 4.14. The number of nitrogens with zero attached hydrogens (tertiary/aromatic N) is 1. The summed E-state index contributed by atoms with van der Waals surface area (Å²) in [7, 11) is 0. The predicted molar refractivity (Wildman–Crippen MR) is 78.9 cm³/mol. The first-order valence-corrected chi connectivity index (χ1v) is 7.13. The molecule has 0 atom stereocenters. The monoisotopic (exact) mass is 341 g/mol. The molecule has 2 aromatic rings. The Kier molecular flexibility index (Phi) is 5.48. The normalized spacial score (nSPS) is 10.2. The standard InChI is InChI=1S/C14H13BrClNO2/c15-11-1-4-13(5-2-11)18-7-8-19-14-6-3-12(9-16)17-10-14/h1-6,10H,7-9H2. The summed E-state index contributed by atoms with van der Waals surface area (Å²) >= 11 is 9.03. The highest BCUT2D eigenvalue weighted by Gasteiger charge is 1.97. The molecule has 0 amide bonds. The predicted octanol–water partition coefficient (Wildman–Crippen LogP) is 4.04. The highest BCUT2D eigenvalue weighted by molar-refractivity contribution is 9.10. The number of benzene rings is 1. The molecule has 1 heterocycles. The molecule has 0 aliphatic heterocycles. The highest BCUT2D eigenvalue weighted by atomic mass is 79.9. The van der Waals surface area contributed by atoms with Crippen molar-refractivity contribution in [3.63, 3.8) is 0 Å². The Bertz CT molecular complexity index is 502. The van der Waals surface area contributed by atoms with Gasteiger partial charge >= 0.3 is 0 Å². The van der Waals surface area contributed by atoms with E-state index in [1.165, 1.54) is 0 Å². The molecule has 0 fully saturated rings. The first-order valence-electron chi connectivity index (χ1n) is 5.80. The van der Waals surface area contributed by atoms with E-state index >= 15 is 0 Å². The lowest BCUT2D eigenvalue weighted by atomic mass is 10.3. The molecule has 1 aromatic carbocycles. The maximum atomic E-state index is 5.66. The van der Waals surface area contributed by atoms with Crippen LogP contribution in [0.5, 0.6) is 11.5 Å². The van der Waals surface area contributed by atoms with Gasteiger partial charge in [-0.3, -0.25) is 4.98 Å². The van der Waals surface area contributed by atoms with Gasteiger partial charge < -0.3 is 9.47 Å². The zero-order chi connectivity index (χ0) is 13.5. The molecule has 3 nitrogen and oxygen atoms in total. The lowest BCUT2D eigenvalue weighted by Gasteiger charge is -2.08. The molecule has 0 unspecified atom stereocenters. The van der Waals surface area contributed by atoms with Crippen LogP contribution >= 0.6 is 27.5 Å². The fourth-order valence-electron chi connectivity index (χ4n) is 1.43. The minimum atomic E-state index is 0.410. The van der Waals surface area contributed by atoms with Crippen molar-refractivity contribution in [2.24, 2.45) is 0 Å². The van der Waals surface area contributed by atoms with Gasteiger partial charge in [0, 0.05) is 4.47 Å². The number of hydrogen-bond acceptors (Lipinski definition) is 3. The molecule has 100 valence electrons. The van der Waals surface area contributed by atoms with Crippen molar-refractivity contribution in [3.05, 3.63) is 52.8 Å². The zero-order valence-electron chi connectivity index (χ0n) is 10.2. The number of hydrogen-bond donors (Lipinski definition) is 0. The van der Waals surface area contributed by atoms with Crippen molar-refractivity contribution in [1.29, 1.82) is 0 Å². The summed E-state index contributed by atoms with van der Waals surface area (Å²) in [6, 6.07) is 11.4. The maximum absolute atomic E-state index is 5.66. The van der Waals surface area contributed by atoms with E-state index in [2.05, 4.69) is 20.9 Å². The van der Waals surface area contributed by atoms with Crippen LogP contribution in [-0.4, -0.2) is 18.2 Å². The van der Waals surface area contributed by atoms with Gasteiger partial charge in [0.25, 0.3) is 0 Å². The number of ether oxygens (including phenoxy) is 2. The second-order valence-electron chi connectivity index (χ2n) is 3.77. The first kappa shape index (κ1) is 14.2. The van der Waals surface area contributed by atoms with Crippen molar-refractivity contribution in [1.82, 2.24) is 4.98 Å². The van der Waals surface area contributed by atoms with Gasteiger partial charge in [0.2, 0.25) is 0 Å². The van der Waals surface area contributed by atoms with Crippen LogP contribution in [0.25, 0.3) is 0 Å². The van der Waals surface area contributed by atoms with E-state index in [4.69, 9.17) is 21.1 Å². The van der Waals surface area contributed by atoms with E-state index in [-0.39, 0.29) is 0 Å². The number of halogens is 2. The Labute approximate surface area is 125 Å². The lowest BCUT2D eigenvalue weighted by Crippen LogP contribution is -2.09. The topological polar surface area (TPSA) is 31.4 Å². The van der Waals surface area contributed by atoms with Gasteiger partial charge in [0.05, 0.1) is 17.8 Å². The van der Waals surface area contributed by atoms with Crippen molar-refractivity contribution < 1.29 is 9.47 Å². The van der Waals surface area contributed by atoms with Crippen molar-refractivity contribution in [3.8, 4) is 11.5 Å². The molecule has 0 saturated heterocycles. The molecule has 0 bridgehead atoms. The van der Waals surface area contributed by atoms with Crippen molar-refractivity contribution >= 4 is 27.5 Å². The summed E-state index contributed by atoms with van der Waals surface area (Å²) in [6.07, 6.45) is 1.66. The van der Waals surface area contributed by atoms with Crippen LogP contribution in [0, 0.1) is 0 Å². The van der Waals surface area contributed by atoms with Crippen LogP contribution in [-0.2, 0) is 5.88 Å². The van der Waals surface area contributed by atoms with Gasteiger partial charge in [-0.15, -0.1) is 11.6 Å². The van der Waals surface area contributed by atoms with Gasteiger partial charge in [-0.05, 0) is 36.4 Å². The molecule has 5 heteroatoms. The molecule has 1 aromatic heterocycles. The molecule has 0 aliphatic carbocycles. The average Bonchev–Trinajstić information content (AvgIpc) is 2.46. The quantitative estimate of drug-likeness (QED) is 0.586. The number of alkyl halides is 1. The minimum absolute atomic E-state index is 0.410. The van der Waals surface area contributed by atoms with Crippen LogP contribution in [0.4, 0.5) is 0 Å². The van der Waals surface area contributed by atoms with Gasteiger partial charge in [-0.1, -0.05) is 15.9 Å². The number of pyridine rings is 1. The molecule has 0 saturated carbocycles. The van der Waals surface area contributed by atoms with E-state index in [1.807, 2.05) is 36.4 Å². The average molecular weight is 343 g/mol. The van der Waals surface area contributed by atoms with E-state index < -0.39 is 0 Å². The lowest BCUT2D eigenvalue weighted by molar-refractivity contribution is 0.216. The smallest absolute Gasteiger partial charge is 0.137 e. The fourth-order valence-corrected chi connectivity index (χ4v) is 1.85. The summed E-state index contributed by atoms with van der Waals surface area (Å²) in [6.45, 7) is 0.955. The molecule has 0 N–H and O–H groups in total. The van der Waals surface area contributed by atoms with E-state index in [0.717, 1.165) is 15.9 Å². The van der Waals surface area contributed by atoms with Gasteiger partial charge in [-0.2, -0.15) is 0 Å². The Morgan fingerprint density at radius 3 is 2.16 bits per heavy atom. The second-order valence-corrected chi connectivity index (χ2v) is 4.95. The van der Waals surface area contributed by atoms with Crippen LogP contribution in [0.2, 0.25) is 0 Å². The zero-order valence-corrected chi connectivity index (χ0v) is 12.5. The number of rotatable bonds is 6. The largest absolute Gasteiger partial charge is 0.490 e. The second kappa shape index (κ2) is 7.36. The third-order valence-electron chi connectivity index (χ3n) is 2.37. The Balaban J connectivity index is 1.72. The van der Waals surface area contributed by atoms with Gasteiger partial charge in [0.1, 0.15) is 24.7 Å². The first-order chi connectivity index (χ1) is 9.28. The molecule has 0 radical (unpaired) electrons. The molecule has 0 aliphatic rings. The highest BCUT2D eigenvalue weighted by Crippen LogP contribution is 2.16. The Hall–Kier alpha value is -1.26. The Morgan fingerprint density at radius 1 is 0.947 bits per heavy atom. The van der Waals surface area contributed by atoms with E-state index in [9.17, 15) is 0 Å². The molecule has 0 spiro atoms. The summed E-state index contributed by atoms with van der Waals surface area (Å²) in [5.74, 6) is 1.95. The fraction of sp³-hybridized carbons (Fsp3) is 0.214. The van der Waals surface area contributed by atoms with Crippen LogP contribution in [0.1, 0.15) is 5.69 Å². The van der Waals surface area contributed by atoms with E-state index in [0.29, 0.717) is 24.8 Å². The molecule has 19 heavy (non-hydrogen) atoms. The summed E-state index contributed by atoms with van der Waals surface area (Å²) in [5, 5.41) is 0. The summed E-state index contributed by atoms with van der Waals surface area (Å²) in [5.41, 5.74) is 0.833. The molecular formula is C14H13BrClNO2.